The van der Waals surface area contributed by atoms with E-state index in [4.69, 9.17) is 5.73 Å². The van der Waals surface area contributed by atoms with E-state index in [1.807, 2.05) is 36.4 Å². The Morgan fingerprint density at radius 3 is 2.29 bits per heavy atom. The third kappa shape index (κ3) is 4.50. The molecule has 0 bridgehead atoms. The zero-order valence-electron chi connectivity index (χ0n) is 12.3. The number of hydrogen-bond donors (Lipinski definition) is 1. The maximum absolute atomic E-state index is 12.4. The molecule has 2 nitrogen and oxygen atoms in total. The molecule has 0 aromatic heterocycles. The molecule has 4 heteroatoms. The summed E-state index contributed by atoms with van der Waals surface area (Å²) in [5, 5.41) is 0. The predicted molar refractivity (Wildman–Crippen MR) is 92.9 cm³/mol. The lowest BCUT2D eigenvalue weighted by Crippen LogP contribution is -2.18. The Morgan fingerprint density at radius 2 is 1.71 bits per heavy atom. The van der Waals surface area contributed by atoms with E-state index >= 15 is 0 Å². The van der Waals surface area contributed by atoms with E-state index in [0.29, 0.717) is 11.7 Å². The van der Waals surface area contributed by atoms with E-state index < -0.39 is 10.8 Å². The van der Waals surface area contributed by atoms with Crippen LogP contribution in [0.15, 0.2) is 57.9 Å². The van der Waals surface area contributed by atoms with Crippen LogP contribution < -0.4 is 5.73 Å². The molecule has 21 heavy (non-hydrogen) atoms. The maximum atomic E-state index is 12.4. The Bertz CT molecular complexity index is 625. The summed E-state index contributed by atoms with van der Waals surface area (Å²) in [5.74, 6) is 0.934. The van der Waals surface area contributed by atoms with Crippen LogP contribution in [0.2, 0.25) is 0 Å². The average molecular weight is 366 g/mol. The Hall–Kier alpha value is -0.970. The molecule has 0 spiro atoms. The molecule has 2 atom stereocenters. The van der Waals surface area contributed by atoms with Gasteiger partial charge in [-0.25, -0.2) is 0 Å². The fourth-order valence-electron chi connectivity index (χ4n) is 2.09. The van der Waals surface area contributed by atoms with Gasteiger partial charge in [0.15, 0.2) is 0 Å². The fourth-order valence-corrected chi connectivity index (χ4v) is 3.84. The van der Waals surface area contributed by atoms with Crippen LogP contribution in [0.4, 0.5) is 0 Å². The molecule has 0 aliphatic carbocycles. The first-order valence-corrected chi connectivity index (χ1v) is 9.08. The first kappa shape index (κ1) is 16.4. The highest BCUT2D eigenvalue weighted by molar-refractivity contribution is 9.10. The van der Waals surface area contributed by atoms with Crippen LogP contribution in [-0.4, -0.2) is 9.96 Å². The minimum Gasteiger partial charge on any atom is -0.323 e. The second-order valence-electron chi connectivity index (χ2n) is 5.40. The van der Waals surface area contributed by atoms with Crippen LogP contribution in [0, 0.1) is 0 Å². The summed E-state index contributed by atoms with van der Waals surface area (Å²) in [6, 6.07) is 15.6. The molecule has 2 aromatic rings. The minimum absolute atomic E-state index is 0.217. The molecule has 2 unspecified atom stereocenters. The van der Waals surface area contributed by atoms with Gasteiger partial charge in [-0.2, -0.15) is 0 Å². The molecule has 0 radical (unpaired) electrons. The molecular weight excluding hydrogens is 346 g/mol. The van der Waals surface area contributed by atoms with Crippen molar-refractivity contribution in [3.63, 3.8) is 0 Å². The molecule has 0 saturated carbocycles. The summed E-state index contributed by atoms with van der Waals surface area (Å²) in [6.45, 7) is 4.33. The zero-order chi connectivity index (χ0) is 15.4. The molecule has 2 N–H and O–H groups in total. The van der Waals surface area contributed by atoms with Gasteiger partial charge in [-0.3, -0.25) is 4.21 Å². The minimum atomic E-state index is -1.09. The lowest BCUT2D eigenvalue weighted by molar-refractivity contribution is 0.675. The smallest absolute Gasteiger partial charge is 0.0549 e. The summed E-state index contributed by atoms with van der Waals surface area (Å²) >= 11 is 3.40. The molecule has 2 rings (SSSR count). The Labute approximate surface area is 137 Å². The summed E-state index contributed by atoms with van der Waals surface area (Å²) in [4.78, 5) is 0.804. The van der Waals surface area contributed by atoms with Crippen LogP contribution in [0.5, 0.6) is 0 Å². The predicted octanol–water partition coefficient (Wildman–Crippen LogP) is 4.38. The van der Waals surface area contributed by atoms with E-state index in [1.165, 1.54) is 5.56 Å². The van der Waals surface area contributed by atoms with Gasteiger partial charge in [-0.15, -0.1) is 0 Å². The Balaban J connectivity index is 2.07. The maximum Gasteiger partial charge on any atom is 0.0549 e. The van der Waals surface area contributed by atoms with Gasteiger partial charge >= 0.3 is 0 Å². The average Bonchev–Trinajstić information content (AvgIpc) is 2.47. The summed E-state index contributed by atoms with van der Waals surface area (Å²) in [7, 11) is -1.09. The number of benzene rings is 2. The van der Waals surface area contributed by atoms with E-state index in [9.17, 15) is 4.21 Å². The number of halogens is 1. The lowest BCUT2D eigenvalue weighted by atomic mass is 10.00. The van der Waals surface area contributed by atoms with Crippen molar-refractivity contribution in [3.8, 4) is 0 Å². The van der Waals surface area contributed by atoms with E-state index in [2.05, 4.69) is 41.9 Å². The van der Waals surface area contributed by atoms with Crippen LogP contribution in [0.3, 0.4) is 0 Å². The third-order valence-corrected chi connectivity index (χ3v) is 5.36. The van der Waals surface area contributed by atoms with Gasteiger partial charge < -0.3 is 5.73 Å². The monoisotopic (exact) mass is 365 g/mol. The second kappa shape index (κ2) is 7.34. The van der Waals surface area contributed by atoms with Crippen molar-refractivity contribution in [2.75, 3.05) is 5.75 Å². The summed E-state index contributed by atoms with van der Waals surface area (Å²) in [5.41, 5.74) is 8.51. The van der Waals surface area contributed by atoms with Crippen molar-refractivity contribution in [1.82, 2.24) is 0 Å². The van der Waals surface area contributed by atoms with Gasteiger partial charge in [0, 0.05) is 21.2 Å². The van der Waals surface area contributed by atoms with Gasteiger partial charge in [0.05, 0.1) is 10.8 Å². The summed E-state index contributed by atoms with van der Waals surface area (Å²) < 4.78 is 13.3. The van der Waals surface area contributed by atoms with Gasteiger partial charge in [0.1, 0.15) is 0 Å². The topological polar surface area (TPSA) is 43.1 Å². The quantitative estimate of drug-likeness (QED) is 0.853. The van der Waals surface area contributed by atoms with Gasteiger partial charge in [-0.1, -0.05) is 60.1 Å². The molecule has 0 aliphatic rings. The zero-order valence-corrected chi connectivity index (χ0v) is 14.7. The number of nitrogens with two attached hydrogens (primary N) is 1. The van der Waals surface area contributed by atoms with Crippen molar-refractivity contribution < 1.29 is 4.21 Å². The highest BCUT2D eigenvalue weighted by atomic mass is 79.9. The normalized spacial score (nSPS) is 14.1. The van der Waals surface area contributed by atoms with Crippen molar-refractivity contribution in [2.24, 2.45) is 5.73 Å². The molecule has 0 heterocycles. The number of hydrogen-bond acceptors (Lipinski definition) is 2. The largest absolute Gasteiger partial charge is 0.323 e. The van der Waals surface area contributed by atoms with E-state index in [0.717, 1.165) is 14.9 Å². The van der Waals surface area contributed by atoms with Gasteiger partial charge in [0.2, 0.25) is 0 Å². The van der Waals surface area contributed by atoms with Gasteiger partial charge in [-0.05, 0) is 35.2 Å². The Morgan fingerprint density at radius 1 is 1.10 bits per heavy atom. The van der Waals surface area contributed by atoms with Crippen LogP contribution >= 0.6 is 15.9 Å². The highest BCUT2D eigenvalue weighted by Crippen LogP contribution is 2.21. The molecule has 2 aromatic carbocycles. The molecule has 112 valence electrons. The third-order valence-electron chi connectivity index (χ3n) is 3.42. The number of rotatable bonds is 5. The fraction of sp³-hybridized carbons (Fsp3) is 0.294. The van der Waals surface area contributed by atoms with Crippen LogP contribution in [0.1, 0.15) is 36.9 Å². The Kier molecular flexibility index (Phi) is 5.73. The van der Waals surface area contributed by atoms with E-state index in [1.54, 1.807) is 0 Å². The van der Waals surface area contributed by atoms with Crippen LogP contribution in [0.25, 0.3) is 0 Å². The molecule has 0 fully saturated rings. The van der Waals surface area contributed by atoms with Crippen LogP contribution in [-0.2, 0) is 10.8 Å². The first-order chi connectivity index (χ1) is 9.97. The van der Waals surface area contributed by atoms with Crippen molar-refractivity contribution in [3.05, 3.63) is 64.1 Å². The second-order valence-corrected chi connectivity index (χ2v) is 7.81. The van der Waals surface area contributed by atoms with Crippen molar-refractivity contribution >= 4 is 26.7 Å². The molecular formula is C17H20BrNOS. The van der Waals surface area contributed by atoms with Crippen molar-refractivity contribution in [2.45, 2.75) is 30.7 Å². The van der Waals surface area contributed by atoms with E-state index in [-0.39, 0.29) is 6.04 Å². The SMILES string of the molecule is CC(C)c1ccc(C(N)CS(=O)c2cccc(Br)c2)cc1. The summed E-state index contributed by atoms with van der Waals surface area (Å²) in [6.07, 6.45) is 0. The highest BCUT2D eigenvalue weighted by Gasteiger charge is 2.13. The van der Waals surface area contributed by atoms with Crippen molar-refractivity contribution in [1.29, 1.82) is 0 Å². The standard InChI is InChI=1S/C17H20BrNOS/c1-12(2)13-6-8-14(9-7-13)17(19)11-21(20)16-5-3-4-15(18)10-16/h3-10,12,17H,11,19H2,1-2H3. The van der Waals surface area contributed by atoms with Gasteiger partial charge in [0.25, 0.3) is 0 Å². The first-order valence-electron chi connectivity index (χ1n) is 6.96. The molecule has 0 saturated heterocycles. The lowest BCUT2D eigenvalue weighted by Gasteiger charge is -2.13. The molecule has 0 aliphatic heterocycles. The molecule has 0 amide bonds.